The molecule has 1 saturated heterocycles. The molecular weight excluding hydrogens is 258 g/mol. The molecule has 6 heteroatoms. The summed E-state index contributed by atoms with van der Waals surface area (Å²) in [5.74, 6) is -0.857. The van der Waals surface area contributed by atoms with Crippen molar-refractivity contribution in [3.8, 4) is 0 Å². The van der Waals surface area contributed by atoms with Gasteiger partial charge in [-0.3, -0.25) is 4.79 Å². The Hall–Kier alpha value is -2.24. The maximum atomic E-state index is 11.8. The number of nitrogens with two attached hydrogens (primary N) is 2. The molecule has 0 saturated carbocycles. The molecule has 6 nitrogen and oxygen atoms in total. The number of anilines is 2. The van der Waals surface area contributed by atoms with E-state index in [4.69, 9.17) is 16.2 Å². The number of nitrogen functional groups attached to an aromatic ring is 1. The molecule has 0 aromatic heterocycles. The van der Waals surface area contributed by atoms with E-state index in [1.165, 1.54) is 0 Å². The first-order valence-electron chi connectivity index (χ1n) is 6.63. The van der Waals surface area contributed by atoms with Crippen LogP contribution in [0.3, 0.4) is 0 Å². The number of carbonyl (C=O) groups is 2. The van der Waals surface area contributed by atoms with E-state index < -0.39 is 5.97 Å². The number of primary amides is 1. The maximum absolute atomic E-state index is 11.8. The zero-order valence-electron chi connectivity index (χ0n) is 11.5. The minimum Gasteiger partial charge on any atom is -0.462 e. The van der Waals surface area contributed by atoms with E-state index in [0.29, 0.717) is 24.4 Å². The van der Waals surface area contributed by atoms with Gasteiger partial charge in [0.15, 0.2) is 0 Å². The van der Waals surface area contributed by atoms with Gasteiger partial charge in [-0.05, 0) is 31.5 Å². The molecule has 0 radical (unpaired) electrons. The highest BCUT2D eigenvalue weighted by Crippen LogP contribution is 2.27. The summed E-state index contributed by atoms with van der Waals surface area (Å²) in [6, 6.07) is 5.22. The average molecular weight is 277 g/mol. The van der Waals surface area contributed by atoms with Crippen molar-refractivity contribution in [2.45, 2.75) is 13.3 Å². The van der Waals surface area contributed by atoms with E-state index in [1.807, 2.05) is 11.0 Å². The smallest absolute Gasteiger partial charge is 0.340 e. The third-order valence-electron chi connectivity index (χ3n) is 3.49. The maximum Gasteiger partial charge on any atom is 0.340 e. The van der Waals surface area contributed by atoms with Gasteiger partial charge in [-0.15, -0.1) is 0 Å². The summed E-state index contributed by atoms with van der Waals surface area (Å²) < 4.78 is 4.97. The highest BCUT2D eigenvalue weighted by Gasteiger charge is 2.27. The Morgan fingerprint density at radius 2 is 2.20 bits per heavy atom. The molecule has 1 aromatic rings. The fraction of sp³-hybridized carbons (Fsp3) is 0.429. The third kappa shape index (κ3) is 2.84. The molecule has 1 atom stereocenters. The van der Waals surface area contributed by atoms with Crippen LogP contribution in [0.2, 0.25) is 0 Å². The van der Waals surface area contributed by atoms with Gasteiger partial charge in [0.2, 0.25) is 5.91 Å². The predicted octanol–water partition coefficient (Wildman–Crippen LogP) is 0.757. The van der Waals surface area contributed by atoms with Crippen molar-refractivity contribution in [2.24, 2.45) is 11.7 Å². The molecule has 4 N–H and O–H groups in total. The fourth-order valence-corrected chi connectivity index (χ4v) is 2.35. The summed E-state index contributed by atoms with van der Waals surface area (Å²) in [6.45, 7) is 3.35. The van der Waals surface area contributed by atoms with E-state index >= 15 is 0 Å². The van der Waals surface area contributed by atoms with Crippen LogP contribution in [-0.2, 0) is 9.53 Å². The van der Waals surface area contributed by atoms with E-state index in [-0.39, 0.29) is 11.8 Å². The Kier molecular flexibility index (Phi) is 4.12. The Morgan fingerprint density at radius 3 is 2.80 bits per heavy atom. The van der Waals surface area contributed by atoms with Crippen LogP contribution >= 0.6 is 0 Å². The first-order valence-corrected chi connectivity index (χ1v) is 6.63. The van der Waals surface area contributed by atoms with Gasteiger partial charge in [0.05, 0.1) is 18.1 Å². The topological polar surface area (TPSA) is 98.6 Å². The molecule has 1 amide bonds. The molecule has 0 bridgehead atoms. The van der Waals surface area contributed by atoms with E-state index in [2.05, 4.69) is 0 Å². The van der Waals surface area contributed by atoms with E-state index in [0.717, 1.165) is 18.7 Å². The highest BCUT2D eigenvalue weighted by molar-refractivity contribution is 5.96. The van der Waals surface area contributed by atoms with Crippen LogP contribution in [0.25, 0.3) is 0 Å². The van der Waals surface area contributed by atoms with Crippen molar-refractivity contribution >= 4 is 23.3 Å². The molecule has 20 heavy (non-hydrogen) atoms. The average Bonchev–Trinajstić information content (AvgIpc) is 2.89. The van der Waals surface area contributed by atoms with Crippen LogP contribution in [0, 0.1) is 5.92 Å². The first-order chi connectivity index (χ1) is 9.52. The van der Waals surface area contributed by atoms with Gasteiger partial charge in [0.1, 0.15) is 0 Å². The highest BCUT2D eigenvalue weighted by atomic mass is 16.5. The van der Waals surface area contributed by atoms with Crippen LogP contribution in [0.15, 0.2) is 18.2 Å². The van der Waals surface area contributed by atoms with Gasteiger partial charge < -0.3 is 21.1 Å². The van der Waals surface area contributed by atoms with Gasteiger partial charge in [-0.1, -0.05) is 0 Å². The van der Waals surface area contributed by atoms with Gasteiger partial charge in [-0.2, -0.15) is 0 Å². The summed E-state index contributed by atoms with van der Waals surface area (Å²) in [6.07, 6.45) is 0.731. The summed E-state index contributed by atoms with van der Waals surface area (Å²) in [7, 11) is 0. The molecule has 1 aliphatic heterocycles. The first kappa shape index (κ1) is 14.2. The number of rotatable bonds is 4. The number of amides is 1. The molecule has 0 aliphatic carbocycles. The van der Waals surface area contributed by atoms with Crippen LogP contribution < -0.4 is 16.4 Å². The number of esters is 1. The lowest BCUT2D eigenvalue weighted by Crippen LogP contribution is -2.27. The summed E-state index contributed by atoms with van der Waals surface area (Å²) in [5.41, 5.74) is 12.7. The van der Waals surface area contributed by atoms with Crippen molar-refractivity contribution in [1.29, 1.82) is 0 Å². The number of carbonyl (C=O) groups excluding carboxylic acids is 2. The molecule has 0 spiro atoms. The minimum absolute atomic E-state index is 0.140. The second-order valence-corrected chi connectivity index (χ2v) is 4.83. The molecule has 1 fully saturated rings. The van der Waals surface area contributed by atoms with Crippen LogP contribution in [0.1, 0.15) is 23.7 Å². The number of hydrogen-bond acceptors (Lipinski definition) is 5. The molecule has 108 valence electrons. The monoisotopic (exact) mass is 277 g/mol. The second kappa shape index (κ2) is 5.81. The lowest BCUT2D eigenvalue weighted by atomic mass is 10.1. The van der Waals surface area contributed by atoms with E-state index in [9.17, 15) is 9.59 Å². The molecule has 1 unspecified atom stereocenters. The Morgan fingerprint density at radius 1 is 1.45 bits per heavy atom. The van der Waals surface area contributed by atoms with Crippen LogP contribution in [-0.4, -0.2) is 31.6 Å². The number of hydrogen-bond donors (Lipinski definition) is 2. The molecule has 1 aliphatic rings. The summed E-state index contributed by atoms with van der Waals surface area (Å²) >= 11 is 0. The van der Waals surface area contributed by atoms with Gasteiger partial charge in [0.25, 0.3) is 0 Å². The van der Waals surface area contributed by atoms with Crippen molar-refractivity contribution < 1.29 is 14.3 Å². The summed E-state index contributed by atoms with van der Waals surface area (Å²) in [4.78, 5) is 25.0. The normalized spacial score (nSPS) is 18.1. The molecule has 2 rings (SSSR count). The Bertz CT molecular complexity index is 530. The van der Waals surface area contributed by atoms with Crippen LogP contribution in [0.5, 0.6) is 0 Å². The van der Waals surface area contributed by atoms with Crippen molar-refractivity contribution in [3.05, 3.63) is 23.8 Å². The number of ether oxygens (including phenoxy) is 1. The van der Waals surface area contributed by atoms with Crippen molar-refractivity contribution in [1.82, 2.24) is 0 Å². The molecule has 1 aromatic carbocycles. The van der Waals surface area contributed by atoms with E-state index in [1.54, 1.807) is 19.1 Å². The minimum atomic E-state index is -0.433. The standard InChI is InChI=1S/C14H19N3O3/c1-2-20-14(19)11-7-10(3-4-12(11)15)17-6-5-9(8-17)13(16)18/h3-4,7,9H,2,5-6,8,15H2,1H3,(H2,16,18). The second-order valence-electron chi connectivity index (χ2n) is 4.83. The Labute approximate surface area is 117 Å². The van der Waals surface area contributed by atoms with Gasteiger partial charge in [-0.25, -0.2) is 4.79 Å². The van der Waals surface area contributed by atoms with Crippen molar-refractivity contribution in [3.63, 3.8) is 0 Å². The van der Waals surface area contributed by atoms with Gasteiger partial charge >= 0.3 is 5.97 Å². The van der Waals surface area contributed by atoms with Crippen molar-refractivity contribution in [2.75, 3.05) is 30.3 Å². The predicted molar refractivity (Wildman–Crippen MR) is 76.3 cm³/mol. The zero-order chi connectivity index (χ0) is 14.7. The quantitative estimate of drug-likeness (QED) is 0.625. The molecular formula is C14H19N3O3. The SMILES string of the molecule is CCOC(=O)c1cc(N2CCC(C(N)=O)C2)ccc1N. The van der Waals surface area contributed by atoms with Crippen LogP contribution in [0.4, 0.5) is 11.4 Å². The largest absolute Gasteiger partial charge is 0.462 e. The lowest BCUT2D eigenvalue weighted by Gasteiger charge is -2.19. The molecule has 1 heterocycles. The fourth-order valence-electron chi connectivity index (χ4n) is 2.35. The summed E-state index contributed by atoms with van der Waals surface area (Å²) in [5, 5.41) is 0. The number of nitrogens with zero attached hydrogens (tertiary/aromatic N) is 1. The zero-order valence-corrected chi connectivity index (χ0v) is 11.5. The lowest BCUT2D eigenvalue weighted by molar-refractivity contribution is -0.121. The third-order valence-corrected chi connectivity index (χ3v) is 3.49. The Balaban J connectivity index is 2.20. The number of benzene rings is 1. The van der Waals surface area contributed by atoms with Gasteiger partial charge in [0, 0.05) is 24.5 Å².